The molecule has 0 bridgehead atoms. The molecule has 0 aliphatic carbocycles. The molecule has 0 aliphatic rings. The van der Waals surface area contributed by atoms with Crippen LogP contribution in [0.15, 0.2) is 24.3 Å². The Bertz CT molecular complexity index is 519. The van der Waals surface area contributed by atoms with Crippen LogP contribution in [0.4, 0.5) is 10.5 Å². The van der Waals surface area contributed by atoms with Gasteiger partial charge in [0.25, 0.3) is 0 Å². The molecule has 6 heteroatoms. The Morgan fingerprint density at radius 3 is 2.45 bits per heavy atom. The second kappa shape index (κ2) is 7.14. The minimum Gasteiger partial charge on any atom is -0.366 e. The fourth-order valence-corrected chi connectivity index (χ4v) is 1.65. The smallest absolute Gasteiger partial charge is 0.321 e. The molecule has 3 amide bonds. The number of nitrogens with two attached hydrogens (primary N) is 1. The maximum Gasteiger partial charge on any atom is 0.321 e. The minimum absolute atomic E-state index is 0.224. The number of carbonyl (C=O) groups excluding carboxylic acids is 2. The first-order valence-electron chi connectivity index (χ1n) is 6.33. The van der Waals surface area contributed by atoms with Crippen LogP contribution in [0.3, 0.4) is 0 Å². The second-order valence-corrected chi connectivity index (χ2v) is 4.44. The lowest BCUT2D eigenvalue weighted by atomic mass is 10.2. The van der Waals surface area contributed by atoms with Crippen molar-refractivity contribution in [1.82, 2.24) is 4.90 Å². The maximum atomic E-state index is 12.0. The van der Waals surface area contributed by atoms with E-state index in [9.17, 15) is 9.59 Å². The van der Waals surface area contributed by atoms with Crippen LogP contribution in [0.1, 0.15) is 24.2 Å². The van der Waals surface area contributed by atoms with Gasteiger partial charge in [-0.1, -0.05) is 0 Å². The lowest BCUT2D eigenvalue weighted by Crippen LogP contribution is -2.37. The molecule has 0 unspecified atom stereocenters. The summed E-state index contributed by atoms with van der Waals surface area (Å²) in [5, 5.41) is 11.5. The van der Waals surface area contributed by atoms with E-state index >= 15 is 0 Å². The molecule has 6 nitrogen and oxygen atoms in total. The molecule has 1 aromatic rings. The molecule has 1 aromatic carbocycles. The molecule has 0 aliphatic heterocycles. The Morgan fingerprint density at radius 1 is 1.40 bits per heavy atom. The zero-order valence-electron chi connectivity index (χ0n) is 11.6. The van der Waals surface area contributed by atoms with E-state index in [4.69, 9.17) is 11.0 Å². The molecule has 0 fully saturated rings. The Kier molecular flexibility index (Phi) is 5.54. The van der Waals surface area contributed by atoms with Gasteiger partial charge in [-0.25, -0.2) is 4.79 Å². The number of nitrogens with zero attached hydrogens (tertiary/aromatic N) is 2. The number of hydrogen-bond donors (Lipinski definition) is 2. The number of anilines is 1. The predicted molar refractivity (Wildman–Crippen MR) is 76.0 cm³/mol. The molecule has 20 heavy (non-hydrogen) atoms. The summed E-state index contributed by atoms with van der Waals surface area (Å²) in [4.78, 5) is 24.5. The van der Waals surface area contributed by atoms with Crippen molar-refractivity contribution in [2.45, 2.75) is 13.8 Å². The van der Waals surface area contributed by atoms with Gasteiger partial charge in [0.1, 0.15) is 0 Å². The molecule has 0 saturated heterocycles. The first-order valence-corrected chi connectivity index (χ1v) is 6.33. The third-order valence-corrected chi connectivity index (χ3v) is 2.80. The summed E-state index contributed by atoms with van der Waals surface area (Å²) >= 11 is 0. The maximum absolute atomic E-state index is 12.0. The van der Waals surface area contributed by atoms with Gasteiger partial charge in [-0.05, 0) is 38.1 Å². The van der Waals surface area contributed by atoms with Gasteiger partial charge in [0.15, 0.2) is 0 Å². The third kappa shape index (κ3) is 4.28. The van der Waals surface area contributed by atoms with Gasteiger partial charge in [0.05, 0.1) is 12.0 Å². The summed E-state index contributed by atoms with van der Waals surface area (Å²) in [7, 11) is 0. The molecular weight excluding hydrogens is 256 g/mol. The van der Waals surface area contributed by atoms with Crippen LogP contribution < -0.4 is 11.1 Å². The summed E-state index contributed by atoms with van der Waals surface area (Å²) in [5.74, 6) is -0.737. The number of rotatable bonds is 5. The lowest BCUT2D eigenvalue weighted by molar-refractivity contribution is 0.100. The van der Waals surface area contributed by atoms with Crippen LogP contribution in [0, 0.1) is 17.2 Å². The summed E-state index contributed by atoms with van der Waals surface area (Å²) in [6, 6.07) is 8.14. The highest BCUT2D eigenvalue weighted by Crippen LogP contribution is 2.10. The van der Waals surface area contributed by atoms with Crippen molar-refractivity contribution in [3.8, 4) is 6.07 Å². The highest BCUT2D eigenvalue weighted by molar-refractivity contribution is 5.94. The van der Waals surface area contributed by atoms with Gasteiger partial charge >= 0.3 is 6.03 Å². The molecule has 0 spiro atoms. The Balaban J connectivity index is 2.69. The molecule has 106 valence electrons. The summed E-state index contributed by atoms with van der Waals surface area (Å²) < 4.78 is 0. The Morgan fingerprint density at radius 2 is 2.00 bits per heavy atom. The van der Waals surface area contributed by atoms with E-state index in [0.717, 1.165) is 0 Å². The van der Waals surface area contributed by atoms with E-state index in [0.29, 0.717) is 24.3 Å². The van der Waals surface area contributed by atoms with Crippen molar-refractivity contribution in [2.75, 3.05) is 18.4 Å². The number of amides is 3. The van der Waals surface area contributed by atoms with Gasteiger partial charge in [-0.2, -0.15) is 5.26 Å². The molecule has 0 aromatic heterocycles. The fourth-order valence-electron chi connectivity index (χ4n) is 1.65. The Labute approximate surface area is 118 Å². The summed E-state index contributed by atoms with van der Waals surface area (Å²) in [6.07, 6.45) is 0. The zero-order chi connectivity index (χ0) is 15.1. The van der Waals surface area contributed by atoms with Crippen LogP contribution in [0.25, 0.3) is 0 Å². The van der Waals surface area contributed by atoms with Crippen LogP contribution in [0.2, 0.25) is 0 Å². The number of nitrogens with one attached hydrogen (secondary N) is 1. The van der Waals surface area contributed by atoms with Crippen molar-refractivity contribution in [2.24, 2.45) is 11.7 Å². The van der Waals surface area contributed by atoms with Crippen molar-refractivity contribution in [1.29, 1.82) is 5.26 Å². The lowest BCUT2D eigenvalue weighted by Gasteiger charge is -2.22. The van der Waals surface area contributed by atoms with Gasteiger partial charge < -0.3 is 16.0 Å². The fraction of sp³-hybridized carbons (Fsp3) is 0.357. The van der Waals surface area contributed by atoms with Crippen molar-refractivity contribution in [3.63, 3.8) is 0 Å². The van der Waals surface area contributed by atoms with Crippen LogP contribution in [0.5, 0.6) is 0 Å². The first kappa shape index (κ1) is 15.5. The quantitative estimate of drug-likeness (QED) is 0.856. The average Bonchev–Trinajstić information content (AvgIpc) is 2.44. The molecule has 0 heterocycles. The molecule has 3 N–H and O–H groups in total. The van der Waals surface area contributed by atoms with E-state index in [-0.39, 0.29) is 11.9 Å². The van der Waals surface area contributed by atoms with E-state index in [1.807, 2.05) is 6.92 Å². The standard InChI is InChI=1S/C14H18N4O2/c1-3-18(9-10(2)8-15)14(20)17-12-6-4-11(5-7-12)13(16)19/h4-7,10H,3,9H2,1-2H3,(H2,16,19)(H,17,20)/t10-/m1/s1. The molecule has 1 atom stereocenters. The van der Waals surface area contributed by atoms with E-state index in [1.54, 1.807) is 36.1 Å². The summed E-state index contributed by atoms with van der Waals surface area (Å²) in [6.45, 7) is 4.49. The summed E-state index contributed by atoms with van der Waals surface area (Å²) in [5.41, 5.74) is 6.09. The van der Waals surface area contributed by atoms with E-state index in [2.05, 4.69) is 11.4 Å². The number of carbonyl (C=O) groups is 2. The largest absolute Gasteiger partial charge is 0.366 e. The zero-order valence-corrected chi connectivity index (χ0v) is 11.6. The predicted octanol–water partition coefficient (Wildman–Crippen LogP) is 1.80. The van der Waals surface area contributed by atoms with E-state index < -0.39 is 5.91 Å². The average molecular weight is 274 g/mol. The number of benzene rings is 1. The van der Waals surface area contributed by atoms with Crippen LogP contribution in [-0.4, -0.2) is 29.9 Å². The minimum atomic E-state index is -0.513. The Hall–Kier alpha value is -2.55. The highest BCUT2D eigenvalue weighted by Gasteiger charge is 2.14. The normalized spacial score (nSPS) is 11.2. The van der Waals surface area contributed by atoms with Gasteiger partial charge in [0, 0.05) is 24.3 Å². The van der Waals surface area contributed by atoms with E-state index in [1.165, 1.54) is 0 Å². The third-order valence-electron chi connectivity index (χ3n) is 2.80. The topological polar surface area (TPSA) is 99.2 Å². The molecule has 0 radical (unpaired) electrons. The number of urea groups is 1. The van der Waals surface area contributed by atoms with Gasteiger partial charge in [-0.15, -0.1) is 0 Å². The van der Waals surface area contributed by atoms with Crippen molar-refractivity contribution < 1.29 is 9.59 Å². The molecule has 1 rings (SSSR count). The van der Waals surface area contributed by atoms with Crippen LogP contribution in [-0.2, 0) is 0 Å². The number of nitriles is 1. The monoisotopic (exact) mass is 274 g/mol. The van der Waals surface area contributed by atoms with Crippen molar-refractivity contribution in [3.05, 3.63) is 29.8 Å². The van der Waals surface area contributed by atoms with Gasteiger partial charge in [0.2, 0.25) is 5.91 Å². The molecule has 0 saturated carbocycles. The van der Waals surface area contributed by atoms with Gasteiger partial charge in [-0.3, -0.25) is 4.79 Å². The molecular formula is C14H18N4O2. The number of hydrogen-bond acceptors (Lipinski definition) is 3. The van der Waals surface area contributed by atoms with Crippen molar-refractivity contribution >= 4 is 17.6 Å². The highest BCUT2D eigenvalue weighted by atomic mass is 16.2. The second-order valence-electron chi connectivity index (χ2n) is 4.44. The number of primary amides is 1. The SMILES string of the molecule is CCN(C[C@H](C)C#N)C(=O)Nc1ccc(C(N)=O)cc1. The first-order chi connectivity index (χ1) is 9.47. The van der Waals surface area contributed by atoms with Crippen LogP contribution >= 0.6 is 0 Å².